The molecule has 0 saturated carbocycles. The molecule has 0 radical (unpaired) electrons. The minimum atomic E-state index is -0.240. The summed E-state index contributed by atoms with van der Waals surface area (Å²) in [5.41, 5.74) is 7.15. The second kappa shape index (κ2) is 7.79. The fourth-order valence-electron chi connectivity index (χ4n) is 2.07. The van der Waals surface area contributed by atoms with Gasteiger partial charge in [-0.15, -0.1) is 0 Å². The van der Waals surface area contributed by atoms with Gasteiger partial charge in [0.2, 0.25) is 0 Å². The van der Waals surface area contributed by atoms with Gasteiger partial charge >= 0.3 is 5.97 Å². The van der Waals surface area contributed by atoms with Crippen LogP contribution in [0.2, 0.25) is 0 Å². The van der Waals surface area contributed by atoms with E-state index in [1.165, 1.54) is 7.11 Å². The number of carbonyl (C=O) groups excluding carboxylic acids is 1. The number of rotatable bonds is 7. The standard InChI is InChI=1S/C15H23NO3/c1-4-14(16)13(10-15(17)18-3)11-7-6-8-12(9-11)19-5-2/h6-9,13-14H,4-5,10,16H2,1-3H3. The molecule has 0 fully saturated rings. The van der Waals surface area contributed by atoms with E-state index < -0.39 is 0 Å². The van der Waals surface area contributed by atoms with Crippen LogP contribution in [0.1, 0.15) is 38.2 Å². The number of ether oxygens (including phenoxy) is 2. The first kappa shape index (κ1) is 15.5. The molecule has 0 aliphatic heterocycles. The molecule has 0 heterocycles. The number of esters is 1. The summed E-state index contributed by atoms with van der Waals surface area (Å²) in [6.07, 6.45) is 1.10. The molecule has 0 amide bonds. The Bertz CT molecular complexity index is 406. The Balaban J connectivity index is 2.95. The zero-order valence-electron chi connectivity index (χ0n) is 11.9. The second-order valence-corrected chi connectivity index (χ2v) is 4.46. The van der Waals surface area contributed by atoms with Gasteiger partial charge in [0.05, 0.1) is 20.1 Å². The second-order valence-electron chi connectivity index (χ2n) is 4.46. The zero-order chi connectivity index (χ0) is 14.3. The van der Waals surface area contributed by atoms with Crippen molar-refractivity contribution < 1.29 is 14.3 Å². The maximum Gasteiger partial charge on any atom is 0.306 e. The van der Waals surface area contributed by atoms with Crippen molar-refractivity contribution >= 4 is 5.97 Å². The number of hydrogen-bond donors (Lipinski definition) is 1. The summed E-state index contributed by atoms with van der Waals surface area (Å²) < 4.78 is 10.2. The van der Waals surface area contributed by atoms with Gasteiger partial charge in [-0.25, -0.2) is 0 Å². The molecule has 106 valence electrons. The van der Waals surface area contributed by atoms with Gasteiger partial charge in [0.1, 0.15) is 5.75 Å². The van der Waals surface area contributed by atoms with Gasteiger partial charge < -0.3 is 15.2 Å². The third kappa shape index (κ3) is 4.56. The Morgan fingerprint density at radius 2 is 2.11 bits per heavy atom. The quantitative estimate of drug-likeness (QED) is 0.769. The Hall–Kier alpha value is -1.55. The first-order chi connectivity index (χ1) is 9.12. The number of carbonyl (C=O) groups is 1. The first-order valence-corrected chi connectivity index (χ1v) is 6.67. The zero-order valence-corrected chi connectivity index (χ0v) is 11.9. The molecule has 4 heteroatoms. The van der Waals surface area contributed by atoms with Crippen LogP contribution in [0.4, 0.5) is 0 Å². The molecule has 2 atom stereocenters. The molecule has 1 aromatic rings. The van der Waals surface area contributed by atoms with Gasteiger partial charge in [-0.1, -0.05) is 19.1 Å². The van der Waals surface area contributed by atoms with Crippen LogP contribution in [0, 0.1) is 0 Å². The molecular weight excluding hydrogens is 242 g/mol. The lowest BCUT2D eigenvalue weighted by molar-refractivity contribution is -0.141. The van der Waals surface area contributed by atoms with E-state index in [2.05, 4.69) is 0 Å². The van der Waals surface area contributed by atoms with E-state index in [0.29, 0.717) is 13.0 Å². The SMILES string of the molecule is CCOc1cccc(C(CC(=O)OC)C(N)CC)c1. The topological polar surface area (TPSA) is 61.5 Å². The van der Waals surface area contributed by atoms with E-state index in [4.69, 9.17) is 15.2 Å². The van der Waals surface area contributed by atoms with Crippen molar-refractivity contribution in [2.45, 2.75) is 38.6 Å². The van der Waals surface area contributed by atoms with Crippen molar-refractivity contribution in [1.29, 1.82) is 0 Å². The maximum atomic E-state index is 11.5. The molecule has 1 aromatic carbocycles. The summed E-state index contributed by atoms with van der Waals surface area (Å²) in [7, 11) is 1.40. The fraction of sp³-hybridized carbons (Fsp3) is 0.533. The predicted molar refractivity (Wildman–Crippen MR) is 75.3 cm³/mol. The van der Waals surface area contributed by atoms with Gasteiger partial charge in [-0.2, -0.15) is 0 Å². The van der Waals surface area contributed by atoms with E-state index in [-0.39, 0.29) is 17.9 Å². The number of benzene rings is 1. The predicted octanol–water partition coefficient (Wildman–Crippen LogP) is 2.47. The fourth-order valence-corrected chi connectivity index (χ4v) is 2.07. The van der Waals surface area contributed by atoms with Crippen LogP contribution in [-0.4, -0.2) is 25.7 Å². The highest BCUT2D eigenvalue weighted by Gasteiger charge is 2.22. The first-order valence-electron chi connectivity index (χ1n) is 6.67. The average Bonchev–Trinajstić information content (AvgIpc) is 2.44. The maximum absolute atomic E-state index is 11.5. The van der Waals surface area contributed by atoms with E-state index in [9.17, 15) is 4.79 Å². The molecule has 0 bridgehead atoms. The summed E-state index contributed by atoms with van der Waals surface area (Å²) in [5, 5.41) is 0. The molecule has 1 rings (SSSR count). The number of methoxy groups -OCH3 is 1. The van der Waals surface area contributed by atoms with Gasteiger partial charge in [0.25, 0.3) is 0 Å². The van der Waals surface area contributed by atoms with Crippen molar-refractivity contribution in [2.75, 3.05) is 13.7 Å². The van der Waals surface area contributed by atoms with Crippen LogP contribution in [0.5, 0.6) is 5.75 Å². The summed E-state index contributed by atoms with van der Waals surface area (Å²) in [6, 6.07) is 7.68. The van der Waals surface area contributed by atoms with Gasteiger partial charge in [0.15, 0.2) is 0 Å². The lowest BCUT2D eigenvalue weighted by Gasteiger charge is -2.22. The monoisotopic (exact) mass is 265 g/mol. The smallest absolute Gasteiger partial charge is 0.306 e. The highest BCUT2D eigenvalue weighted by atomic mass is 16.5. The Morgan fingerprint density at radius 3 is 2.68 bits per heavy atom. The van der Waals surface area contributed by atoms with Crippen LogP contribution in [0.3, 0.4) is 0 Å². The van der Waals surface area contributed by atoms with Gasteiger partial charge in [-0.3, -0.25) is 4.79 Å². The molecule has 0 spiro atoms. The Labute approximate surface area is 114 Å². The van der Waals surface area contributed by atoms with Crippen LogP contribution in [0.15, 0.2) is 24.3 Å². The van der Waals surface area contributed by atoms with E-state index in [1.54, 1.807) is 0 Å². The van der Waals surface area contributed by atoms with Crippen molar-refractivity contribution in [2.24, 2.45) is 5.73 Å². The van der Waals surface area contributed by atoms with Crippen molar-refractivity contribution in [1.82, 2.24) is 0 Å². The lowest BCUT2D eigenvalue weighted by atomic mass is 9.87. The lowest BCUT2D eigenvalue weighted by Crippen LogP contribution is -2.29. The molecule has 0 aliphatic carbocycles. The molecule has 2 unspecified atom stereocenters. The average molecular weight is 265 g/mol. The van der Waals surface area contributed by atoms with Crippen molar-refractivity contribution in [3.63, 3.8) is 0 Å². The van der Waals surface area contributed by atoms with Crippen molar-refractivity contribution in [3.8, 4) is 5.75 Å². The molecule has 19 heavy (non-hydrogen) atoms. The van der Waals surface area contributed by atoms with Gasteiger partial charge in [-0.05, 0) is 31.0 Å². The summed E-state index contributed by atoms with van der Waals surface area (Å²) in [5.74, 6) is 0.520. The van der Waals surface area contributed by atoms with Crippen molar-refractivity contribution in [3.05, 3.63) is 29.8 Å². The Morgan fingerprint density at radius 1 is 1.37 bits per heavy atom. The Kier molecular flexibility index (Phi) is 6.36. The summed E-state index contributed by atoms with van der Waals surface area (Å²) >= 11 is 0. The minimum Gasteiger partial charge on any atom is -0.494 e. The summed E-state index contributed by atoms with van der Waals surface area (Å²) in [6.45, 7) is 4.57. The molecule has 0 aromatic heterocycles. The van der Waals surface area contributed by atoms with Gasteiger partial charge in [0, 0.05) is 12.0 Å². The molecular formula is C15H23NO3. The molecule has 0 aliphatic rings. The summed E-state index contributed by atoms with van der Waals surface area (Å²) in [4.78, 5) is 11.5. The number of nitrogens with two attached hydrogens (primary N) is 1. The van der Waals surface area contributed by atoms with Crippen LogP contribution >= 0.6 is 0 Å². The highest BCUT2D eigenvalue weighted by molar-refractivity contribution is 5.70. The molecule has 2 N–H and O–H groups in total. The highest BCUT2D eigenvalue weighted by Crippen LogP contribution is 2.27. The van der Waals surface area contributed by atoms with E-state index in [1.807, 2.05) is 38.1 Å². The van der Waals surface area contributed by atoms with E-state index >= 15 is 0 Å². The minimum absolute atomic E-state index is 0.0437. The largest absolute Gasteiger partial charge is 0.494 e. The normalized spacial score (nSPS) is 13.7. The molecule has 0 saturated heterocycles. The van der Waals surface area contributed by atoms with Crippen LogP contribution in [-0.2, 0) is 9.53 Å². The van der Waals surface area contributed by atoms with Crippen LogP contribution < -0.4 is 10.5 Å². The third-order valence-corrected chi connectivity index (χ3v) is 3.20. The third-order valence-electron chi connectivity index (χ3n) is 3.20. The molecule has 4 nitrogen and oxygen atoms in total. The van der Waals surface area contributed by atoms with Crippen LogP contribution in [0.25, 0.3) is 0 Å². The number of hydrogen-bond acceptors (Lipinski definition) is 4. The van der Waals surface area contributed by atoms with E-state index in [0.717, 1.165) is 17.7 Å².